The van der Waals surface area contributed by atoms with E-state index >= 15 is 0 Å². The van der Waals surface area contributed by atoms with E-state index in [2.05, 4.69) is 20.9 Å². The lowest BCUT2D eigenvalue weighted by atomic mass is 10.2. The molecule has 0 bridgehead atoms. The average molecular weight is 298 g/mol. The zero-order valence-corrected chi connectivity index (χ0v) is 10.8. The molecule has 0 fully saturated rings. The zero-order valence-electron chi connectivity index (χ0n) is 9.24. The van der Waals surface area contributed by atoms with Gasteiger partial charge >= 0.3 is 0 Å². The van der Waals surface area contributed by atoms with Crippen LogP contribution in [0.15, 0.2) is 35.1 Å². The van der Waals surface area contributed by atoms with E-state index < -0.39 is 0 Å². The highest BCUT2D eigenvalue weighted by Crippen LogP contribution is 2.16. The molecule has 0 amide bonds. The number of nitrogens with zero attached hydrogens (tertiary/aromatic N) is 2. The second-order valence-electron chi connectivity index (χ2n) is 3.79. The fourth-order valence-corrected chi connectivity index (χ4v) is 2.25. The van der Waals surface area contributed by atoms with E-state index in [1.54, 1.807) is 6.20 Å². The fourth-order valence-electron chi connectivity index (χ4n) is 1.74. The van der Waals surface area contributed by atoms with Crippen molar-refractivity contribution in [1.82, 2.24) is 9.55 Å². The van der Waals surface area contributed by atoms with E-state index in [1.165, 1.54) is 12.1 Å². The summed E-state index contributed by atoms with van der Waals surface area (Å²) in [6.07, 6.45) is 4.34. The molecule has 2 rings (SSSR count). The number of aromatic nitrogens is 2. The first-order chi connectivity index (χ1) is 8.19. The molecule has 0 atom stereocenters. The van der Waals surface area contributed by atoms with Gasteiger partial charge in [-0.25, -0.2) is 9.37 Å². The molecule has 5 heteroatoms. The van der Waals surface area contributed by atoms with Crippen molar-refractivity contribution in [2.75, 3.05) is 6.54 Å². The van der Waals surface area contributed by atoms with Gasteiger partial charge in [-0.2, -0.15) is 0 Å². The summed E-state index contributed by atoms with van der Waals surface area (Å²) in [5.74, 6) is 0.683. The molecule has 0 unspecified atom stereocenters. The second kappa shape index (κ2) is 5.42. The lowest BCUT2D eigenvalue weighted by molar-refractivity contribution is 0.621. The van der Waals surface area contributed by atoms with Crippen LogP contribution in [0, 0.1) is 5.82 Å². The van der Waals surface area contributed by atoms with Crippen LogP contribution in [0.2, 0.25) is 0 Å². The first-order valence-corrected chi connectivity index (χ1v) is 6.13. The van der Waals surface area contributed by atoms with Crippen LogP contribution >= 0.6 is 15.9 Å². The molecule has 0 aliphatic carbocycles. The summed E-state index contributed by atoms with van der Waals surface area (Å²) < 4.78 is 16.0. The normalized spacial score (nSPS) is 10.8. The Kier molecular flexibility index (Phi) is 3.91. The van der Waals surface area contributed by atoms with Crippen molar-refractivity contribution in [3.63, 3.8) is 0 Å². The van der Waals surface area contributed by atoms with Gasteiger partial charge in [0.05, 0.1) is 0 Å². The van der Waals surface area contributed by atoms with Crippen LogP contribution in [-0.4, -0.2) is 16.1 Å². The molecule has 1 aromatic heterocycles. The zero-order chi connectivity index (χ0) is 12.3. The van der Waals surface area contributed by atoms with Crippen molar-refractivity contribution in [1.29, 1.82) is 0 Å². The summed E-state index contributed by atoms with van der Waals surface area (Å²) in [6.45, 7) is 1.16. The minimum Gasteiger partial charge on any atom is -0.330 e. The van der Waals surface area contributed by atoms with Gasteiger partial charge in [0, 0.05) is 29.8 Å². The highest BCUT2D eigenvalue weighted by molar-refractivity contribution is 9.10. The summed E-state index contributed by atoms with van der Waals surface area (Å²) >= 11 is 3.28. The predicted octanol–water partition coefficient (Wildman–Crippen LogP) is 2.33. The minimum atomic E-state index is -0.241. The number of imidazole rings is 1. The minimum absolute atomic E-state index is 0.241. The van der Waals surface area contributed by atoms with Crippen LogP contribution in [-0.2, 0) is 13.0 Å². The highest BCUT2D eigenvalue weighted by Gasteiger charge is 2.04. The van der Waals surface area contributed by atoms with Crippen LogP contribution in [0.5, 0.6) is 0 Å². The average Bonchev–Trinajstić information content (AvgIpc) is 2.65. The van der Waals surface area contributed by atoms with Crippen molar-refractivity contribution in [2.45, 2.75) is 13.0 Å². The van der Waals surface area contributed by atoms with Crippen molar-refractivity contribution < 1.29 is 4.39 Å². The van der Waals surface area contributed by atoms with Gasteiger partial charge in [-0.3, -0.25) is 0 Å². The van der Waals surface area contributed by atoms with E-state index in [0.717, 1.165) is 22.3 Å². The first-order valence-electron chi connectivity index (χ1n) is 5.34. The van der Waals surface area contributed by atoms with E-state index in [4.69, 9.17) is 5.73 Å². The van der Waals surface area contributed by atoms with E-state index in [9.17, 15) is 4.39 Å². The number of hydrogen-bond acceptors (Lipinski definition) is 2. The summed E-state index contributed by atoms with van der Waals surface area (Å²) in [4.78, 5) is 4.22. The Morgan fingerprint density at radius 2 is 2.18 bits per heavy atom. The van der Waals surface area contributed by atoms with Gasteiger partial charge in [-0.05, 0) is 30.3 Å². The molecule has 3 nitrogen and oxygen atoms in total. The Bertz CT molecular complexity index is 490. The monoisotopic (exact) mass is 297 g/mol. The van der Waals surface area contributed by atoms with Gasteiger partial charge in [0.15, 0.2) is 0 Å². The number of halogens is 2. The van der Waals surface area contributed by atoms with Crippen molar-refractivity contribution >= 4 is 15.9 Å². The number of rotatable bonds is 4. The molecule has 17 heavy (non-hydrogen) atoms. The Morgan fingerprint density at radius 1 is 1.35 bits per heavy atom. The third-order valence-corrected chi connectivity index (χ3v) is 2.90. The second-order valence-corrected chi connectivity index (χ2v) is 4.70. The molecule has 1 aromatic carbocycles. The van der Waals surface area contributed by atoms with Crippen molar-refractivity contribution in [2.24, 2.45) is 5.73 Å². The quantitative estimate of drug-likeness (QED) is 0.941. The maximum absolute atomic E-state index is 13.2. The fraction of sp³-hybridized carbons (Fsp3) is 0.250. The largest absolute Gasteiger partial charge is 0.330 e. The Balaban J connectivity index is 2.22. The Hall–Kier alpha value is -1.20. The van der Waals surface area contributed by atoms with Gasteiger partial charge in [0.1, 0.15) is 11.6 Å². The van der Waals surface area contributed by atoms with Crippen LogP contribution in [0.4, 0.5) is 4.39 Å². The lowest BCUT2D eigenvalue weighted by Gasteiger charge is -2.08. The van der Waals surface area contributed by atoms with Crippen LogP contribution in [0.1, 0.15) is 11.4 Å². The van der Waals surface area contributed by atoms with Gasteiger partial charge in [0.25, 0.3) is 0 Å². The standard InChI is InChI=1S/C12H13BrFN3/c13-10-5-9(6-11(14)7-10)8-17-4-3-16-12(17)1-2-15/h3-7H,1-2,8,15H2. The van der Waals surface area contributed by atoms with Crippen molar-refractivity contribution in [3.05, 3.63) is 52.3 Å². The maximum Gasteiger partial charge on any atom is 0.124 e. The van der Waals surface area contributed by atoms with E-state index in [-0.39, 0.29) is 5.82 Å². The summed E-state index contributed by atoms with van der Waals surface area (Å²) in [5.41, 5.74) is 6.41. The summed E-state index contributed by atoms with van der Waals surface area (Å²) in [7, 11) is 0. The van der Waals surface area contributed by atoms with Gasteiger partial charge in [-0.1, -0.05) is 15.9 Å². The van der Waals surface area contributed by atoms with Gasteiger partial charge in [0.2, 0.25) is 0 Å². The Labute approximate surface area is 108 Å². The molecule has 2 aromatic rings. The van der Waals surface area contributed by atoms with Crippen LogP contribution in [0.25, 0.3) is 0 Å². The van der Waals surface area contributed by atoms with Gasteiger partial charge < -0.3 is 10.3 Å². The van der Waals surface area contributed by atoms with E-state index in [0.29, 0.717) is 13.1 Å². The molecule has 0 saturated carbocycles. The molecule has 0 spiro atoms. The first kappa shape index (κ1) is 12.3. The molecule has 0 aliphatic heterocycles. The molecule has 90 valence electrons. The summed E-state index contributed by atoms with van der Waals surface area (Å²) in [6, 6.07) is 4.87. The molecular weight excluding hydrogens is 285 g/mol. The highest BCUT2D eigenvalue weighted by atomic mass is 79.9. The molecular formula is C12H13BrFN3. The predicted molar refractivity (Wildman–Crippen MR) is 68.2 cm³/mol. The SMILES string of the molecule is NCCc1nccn1Cc1cc(F)cc(Br)c1. The molecule has 0 saturated heterocycles. The topological polar surface area (TPSA) is 43.8 Å². The van der Waals surface area contributed by atoms with Crippen LogP contribution in [0.3, 0.4) is 0 Å². The number of hydrogen-bond donors (Lipinski definition) is 1. The maximum atomic E-state index is 13.2. The number of nitrogens with two attached hydrogens (primary N) is 1. The molecule has 0 aliphatic rings. The van der Waals surface area contributed by atoms with Crippen LogP contribution < -0.4 is 5.73 Å². The lowest BCUT2D eigenvalue weighted by Crippen LogP contribution is -2.10. The Morgan fingerprint density at radius 3 is 2.88 bits per heavy atom. The van der Waals surface area contributed by atoms with Gasteiger partial charge in [-0.15, -0.1) is 0 Å². The molecule has 2 N–H and O–H groups in total. The van der Waals surface area contributed by atoms with Crippen molar-refractivity contribution in [3.8, 4) is 0 Å². The third-order valence-electron chi connectivity index (χ3n) is 2.44. The third kappa shape index (κ3) is 3.14. The number of benzene rings is 1. The molecule has 1 heterocycles. The van der Waals surface area contributed by atoms with E-state index in [1.807, 2.05) is 16.8 Å². The molecule has 0 radical (unpaired) electrons. The smallest absolute Gasteiger partial charge is 0.124 e. The summed E-state index contributed by atoms with van der Waals surface area (Å²) in [5, 5.41) is 0.